The number of halogens is 1. The predicted octanol–water partition coefficient (Wildman–Crippen LogP) is 2.22. The van der Waals surface area contributed by atoms with E-state index in [9.17, 15) is 4.39 Å². The number of aryl methyl sites for hydroxylation is 1. The molecular formula is C13H21FN2. The van der Waals surface area contributed by atoms with Crippen molar-refractivity contribution in [3.63, 3.8) is 0 Å². The van der Waals surface area contributed by atoms with Crippen molar-refractivity contribution in [1.29, 1.82) is 0 Å². The third-order valence-electron chi connectivity index (χ3n) is 2.48. The zero-order chi connectivity index (χ0) is 12.0. The van der Waals surface area contributed by atoms with E-state index in [1.165, 1.54) is 6.07 Å². The normalized spacial score (nSPS) is 11.1. The van der Waals surface area contributed by atoms with Gasteiger partial charge >= 0.3 is 0 Å². The van der Waals surface area contributed by atoms with Crippen LogP contribution in [0.5, 0.6) is 0 Å². The Labute approximate surface area is 97.3 Å². The van der Waals surface area contributed by atoms with Crippen LogP contribution in [0.1, 0.15) is 25.0 Å². The van der Waals surface area contributed by atoms with Crippen molar-refractivity contribution in [3.8, 4) is 0 Å². The minimum absolute atomic E-state index is 0.164. The summed E-state index contributed by atoms with van der Waals surface area (Å²) in [4.78, 5) is 0. The summed E-state index contributed by atoms with van der Waals surface area (Å²) in [5, 5.41) is 6.62. The fraction of sp³-hybridized carbons (Fsp3) is 0.538. The molecule has 0 fully saturated rings. The molecular weight excluding hydrogens is 203 g/mol. The summed E-state index contributed by atoms with van der Waals surface area (Å²) in [5.41, 5.74) is 2.16. The number of hydrogen-bond acceptors (Lipinski definition) is 2. The first kappa shape index (κ1) is 13.1. The van der Waals surface area contributed by atoms with Gasteiger partial charge in [-0.3, -0.25) is 0 Å². The molecule has 0 heterocycles. The molecule has 0 bridgehead atoms. The Bertz CT molecular complexity index is 324. The average molecular weight is 224 g/mol. The molecule has 0 amide bonds. The lowest BCUT2D eigenvalue weighted by atomic mass is 10.1. The standard InChI is InChI=1S/C13H21FN2/c1-10(2)16-7-6-15-9-12-8-13(14)5-4-11(12)3/h4-5,8,10,15-16H,6-7,9H2,1-3H3. The largest absolute Gasteiger partial charge is 0.313 e. The summed E-state index contributed by atoms with van der Waals surface area (Å²) >= 11 is 0. The third kappa shape index (κ3) is 4.73. The monoisotopic (exact) mass is 224 g/mol. The minimum Gasteiger partial charge on any atom is -0.313 e. The SMILES string of the molecule is Cc1ccc(F)cc1CNCCNC(C)C. The summed E-state index contributed by atoms with van der Waals surface area (Å²) in [5.74, 6) is -0.164. The Morgan fingerprint density at radius 3 is 2.69 bits per heavy atom. The molecule has 0 radical (unpaired) electrons. The number of benzene rings is 1. The lowest BCUT2D eigenvalue weighted by Crippen LogP contribution is -2.31. The van der Waals surface area contributed by atoms with Crippen molar-refractivity contribution in [2.45, 2.75) is 33.4 Å². The second-order valence-electron chi connectivity index (χ2n) is 4.36. The summed E-state index contributed by atoms with van der Waals surface area (Å²) in [6.07, 6.45) is 0. The Kier molecular flexibility index (Phi) is 5.43. The van der Waals surface area contributed by atoms with Crippen molar-refractivity contribution >= 4 is 0 Å². The molecule has 1 aromatic carbocycles. The molecule has 2 nitrogen and oxygen atoms in total. The van der Waals surface area contributed by atoms with E-state index in [0.717, 1.165) is 30.8 Å². The van der Waals surface area contributed by atoms with Gasteiger partial charge in [-0.15, -0.1) is 0 Å². The van der Waals surface area contributed by atoms with Gasteiger partial charge in [-0.2, -0.15) is 0 Å². The fourth-order valence-electron chi connectivity index (χ4n) is 1.50. The summed E-state index contributed by atoms with van der Waals surface area (Å²) < 4.78 is 13.0. The first-order valence-electron chi connectivity index (χ1n) is 5.78. The van der Waals surface area contributed by atoms with Gasteiger partial charge in [-0.1, -0.05) is 19.9 Å². The molecule has 90 valence electrons. The quantitative estimate of drug-likeness (QED) is 0.724. The molecule has 2 N–H and O–H groups in total. The average Bonchev–Trinajstić information content (AvgIpc) is 2.22. The molecule has 0 unspecified atom stereocenters. The Hall–Kier alpha value is -0.930. The smallest absolute Gasteiger partial charge is 0.123 e. The van der Waals surface area contributed by atoms with Gasteiger partial charge in [0.15, 0.2) is 0 Å². The van der Waals surface area contributed by atoms with Crippen LogP contribution in [-0.4, -0.2) is 19.1 Å². The molecule has 0 aliphatic heterocycles. The minimum atomic E-state index is -0.164. The topological polar surface area (TPSA) is 24.1 Å². The van der Waals surface area contributed by atoms with Crippen LogP contribution in [-0.2, 0) is 6.54 Å². The van der Waals surface area contributed by atoms with E-state index in [1.54, 1.807) is 6.07 Å². The predicted molar refractivity (Wildman–Crippen MR) is 66.0 cm³/mol. The van der Waals surface area contributed by atoms with Crippen molar-refractivity contribution in [1.82, 2.24) is 10.6 Å². The number of hydrogen-bond donors (Lipinski definition) is 2. The highest BCUT2D eigenvalue weighted by molar-refractivity contribution is 5.26. The van der Waals surface area contributed by atoms with Gasteiger partial charge in [-0.25, -0.2) is 4.39 Å². The number of nitrogens with one attached hydrogen (secondary N) is 2. The Balaban J connectivity index is 2.29. The maximum absolute atomic E-state index is 13.0. The molecule has 0 saturated heterocycles. The van der Waals surface area contributed by atoms with Gasteiger partial charge in [0.1, 0.15) is 5.82 Å². The lowest BCUT2D eigenvalue weighted by Gasteiger charge is -2.10. The van der Waals surface area contributed by atoms with Crippen molar-refractivity contribution in [2.24, 2.45) is 0 Å². The van der Waals surface area contributed by atoms with E-state index in [2.05, 4.69) is 24.5 Å². The van der Waals surface area contributed by atoms with Gasteiger partial charge in [-0.05, 0) is 30.2 Å². The van der Waals surface area contributed by atoms with E-state index in [-0.39, 0.29) is 5.82 Å². The van der Waals surface area contributed by atoms with Gasteiger partial charge < -0.3 is 10.6 Å². The molecule has 0 aromatic heterocycles. The van der Waals surface area contributed by atoms with Crippen LogP contribution in [0.15, 0.2) is 18.2 Å². The first-order chi connectivity index (χ1) is 7.59. The summed E-state index contributed by atoms with van der Waals surface area (Å²) in [6, 6.07) is 5.42. The first-order valence-corrected chi connectivity index (χ1v) is 5.78. The highest BCUT2D eigenvalue weighted by Crippen LogP contribution is 2.09. The van der Waals surface area contributed by atoms with E-state index >= 15 is 0 Å². The van der Waals surface area contributed by atoms with Gasteiger partial charge in [0.25, 0.3) is 0 Å². The van der Waals surface area contributed by atoms with Gasteiger partial charge in [0, 0.05) is 25.7 Å². The maximum Gasteiger partial charge on any atom is 0.123 e. The van der Waals surface area contributed by atoms with Crippen LogP contribution < -0.4 is 10.6 Å². The summed E-state index contributed by atoms with van der Waals surface area (Å²) in [6.45, 7) is 8.81. The van der Waals surface area contributed by atoms with Gasteiger partial charge in [0.05, 0.1) is 0 Å². The zero-order valence-electron chi connectivity index (χ0n) is 10.3. The van der Waals surface area contributed by atoms with E-state index in [0.29, 0.717) is 6.04 Å². The molecule has 0 aliphatic rings. The van der Waals surface area contributed by atoms with Crippen LogP contribution in [0.4, 0.5) is 4.39 Å². The van der Waals surface area contributed by atoms with E-state index in [4.69, 9.17) is 0 Å². The fourth-order valence-corrected chi connectivity index (χ4v) is 1.50. The molecule has 0 spiro atoms. The molecule has 3 heteroatoms. The highest BCUT2D eigenvalue weighted by Gasteiger charge is 1.99. The molecule has 1 rings (SSSR count). The van der Waals surface area contributed by atoms with Crippen LogP contribution in [0.25, 0.3) is 0 Å². The van der Waals surface area contributed by atoms with Crippen LogP contribution in [0.2, 0.25) is 0 Å². The second kappa shape index (κ2) is 6.61. The molecule has 0 atom stereocenters. The highest BCUT2D eigenvalue weighted by atomic mass is 19.1. The molecule has 0 aliphatic carbocycles. The number of rotatable bonds is 6. The Morgan fingerprint density at radius 2 is 2.00 bits per heavy atom. The second-order valence-corrected chi connectivity index (χ2v) is 4.36. The van der Waals surface area contributed by atoms with Crippen LogP contribution in [0, 0.1) is 12.7 Å². The zero-order valence-corrected chi connectivity index (χ0v) is 10.3. The molecule has 0 saturated carbocycles. The van der Waals surface area contributed by atoms with Crippen molar-refractivity contribution < 1.29 is 4.39 Å². The molecule has 1 aromatic rings. The Morgan fingerprint density at radius 1 is 1.25 bits per heavy atom. The van der Waals surface area contributed by atoms with Crippen molar-refractivity contribution in [2.75, 3.05) is 13.1 Å². The third-order valence-corrected chi connectivity index (χ3v) is 2.48. The van der Waals surface area contributed by atoms with Crippen LogP contribution in [0.3, 0.4) is 0 Å². The molecule has 16 heavy (non-hydrogen) atoms. The van der Waals surface area contributed by atoms with Crippen molar-refractivity contribution in [3.05, 3.63) is 35.1 Å². The van der Waals surface area contributed by atoms with Gasteiger partial charge in [0.2, 0.25) is 0 Å². The summed E-state index contributed by atoms with van der Waals surface area (Å²) in [7, 11) is 0. The maximum atomic E-state index is 13.0. The van der Waals surface area contributed by atoms with E-state index in [1.807, 2.05) is 13.0 Å². The lowest BCUT2D eigenvalue weighted by molar-refractivity contribution is 0.554. The van der Waals surface area contributed by atoms with Crippen LogP contribution >= 0.6 is 0 Å². The van der Waals surface area contributed by atoms with E-state index < -0.39 is 0 Å².